The lowest BCUT2D eigenvalue weighted by Gasteiger charge is -1.96. The maximum absolute atomic E-state index is 4.53. The maximum Gasteiger partial charge on any atom is 0.0701 e. The van der Waals surface area contributed by atoms with E-state index in [2.05, 4.69) is 55.3 Å². The molecule has 0 spiro atoms. The Bertz CT molecular complexity index is 168. The van der Waals surface area contributed by atoms with Crippen molar-refractivity contribution in [3.05, 3.63) is 0 Å². The first-order chi connectivity index (χ1) is 4.46. The Morgan fingerprint density at radius 3 is 2.00 bits per heavy atom. The Morgan fingerprint density at radius 2 is 1.90 bits per heavy atom. The second-order valence-electron chi connectivity index (χ2n) is 3.68. The van der Waals surface area contributed by atoms with Gasteiger partial charge in [-0.15, -0.1) is 0 Å². The van der Waals surface area contributed by atoms with E-state index < -0.39 is 0 Å². The number of hydrogen-bond donors (Lipinski definition) is 0. The number of rotatable bonds is 1. The van der Waals surface area contributed by atoms with Crippen LogP contribution in [0.4, 0.5) is 0 Å². The van der Waals surface area contributed by atoms with Crippen LogP contribution in [0.3, 0.4) is 0 Å². The molecule has 0 amide bonds. The minimum absolute atomic E-state index is 0.465. The molecular weight excluding hydrogens is 237 g/mol. The van der Waals surface area contributed by atoms with Gasteiger partial charge < -0.3 is 0 Å². The van der Waals surface area contributed by atoms with E-state index in [-0.39, 0.29) is 0 Å². The largest absolute Gasteiger partial charge is 0.279 e. The summed E-state index contributed by atoms with van der Waals surface area (Å²) in [6, 6.07) is 0.587. The Kier molecular flexibility index (Phi) is 2.10. The van der Waals surface area contributed by atoms with Gasteiger partial charge in [0.05, 0.1) is 9.76 Å². The molecule has 10 heavy (non-hydrogen) atoms. The van der Waals surface area contributed by atoms with Gasteiger partial charge >= 0.3 is 0 Å². The van der Waals surface area contributed by atoms with Gasteiger partial charge in [-0.05, 0) is 40.8 Å². The third kappa shape index (κ3) is 1.36. The van der Waals surface area contributed by atoms with Crippen molar-refractivity contribution in [2.75, 3.05) is 0 Å². The van der Waals surface area contributed by atoms with Gasteiger partial charge in [-0.2, -0.15) is 0 Å². The molecule has 0 aromatic carbocycles. The van der Waals surface area contributed by atoms with Crippen LogP contribution in [0.15, 0.2) is 4.99 Å². The van der Waals surface area contributed by atoms with Gasteiger partial charge in [0.25, 0.3) is 0 Å². The minimum atomic E-state index is 0.465. The quantitative estimate of drug-likeness (QED) is 0.502. The van der Waals surface area contributed by atoms with Crippen molar-refractivity contribution in [1.29, 1.82) is 0 Å². The van der Waals surface area contributed by atoms with Crippen molar-refractivity contribution in [1.82, 2.24) is 0 Å². The fraction of sp³-hybridized carbons (Fsp3) is 0.875. The Labute approximate surface area is 76.4 Å². The molecule has 2 unspecified atom stereocenters. The second-order valence-corrected chi connectivity index (χ2v) is 5.24. The van der Waals surface area contributed by atoms with Gasteiger partial charge in [0.1, 0.15) is 0 Å². The molecular formula is C8H14IN. The van der Waals surface area contributed by atoms with E-state index in [4.69, 9.17) is 0 Å². The summed E-state index contributed by atoms with van der Waals surface area (Å²) in [7, 11) is 0. The molecule has 1 nitrogen and oxygen atoms in total. The molecule has 2 atom stereocenters. The number of aliphatic imine (C=N–C) groups is 1. The van der Waals surface area contributed by atoms with Gasteiger partial charge in [0.15, 0.2) is 0 Å². The SMILES string of the molecule is CC(I)=NC1C(C)C1(C)C. The van der Waals surface area contributed by atoms with Gasteiger partial charge in [0.2, 0.25) is 0 Å². The molecule has 0 N–H and O–H groups in total. The zero-order valence-corrected chi connectivity index (χ0v) is 9.14. The first-order valence-electron chi connectivity index (χ1n) is 3.66. The van der Waals surface area contributed by atoms with E-state index in [1.54, 1.807) is 0 Å². The zero-order valence-electron chi connectivity index (χ0n) is 6.98. The summed E-state index contributed by atoms with van der Waals surface area (Å²) in [4.78, 5) is 4.53. The first kappa shape index (κ1) is 8.50. The lowest BCUT2D eigenvalue weighted by molar-refractivity contribution is 0.574. The average molecular weight is 251 g/mol. The van der Waals surface area contributed by atoms with E-state index in [1.807, 2.05) is 0 Å². The fourth-order valence-electron chi connectivity index (χ4n) is 1.33. The summed E-state index contributed by atoms with van der Waals surface area (Å²) in [6.45, 7) is 8.90. The average Bonchev–Trinajstić information content (AvgIpc) is 2.17. The monoisotopic (exact) mass is 251 g/mol. The van der Waals surface area contributed by atoms with Crippen molar-refractivity contribution in [3.8, 4) is 0 Å². The van der Waals surface area contributed by atoms with E-state index in [1.165, 1.54) is 3.72 Å². The molecule has 58 valence electrons. The topological polar surface area (TPSA) is 12.4 Å². The fourth-order valence-corrected chi connectivity index (χ4v) is 1.63. The lowest BCUT2D eigenvalue weighted by atomic mass is 10.1. The third-order valence-electron chi connectivity index (χ3n) is 2.62. The molecule has 0 aromatic heterocycles. The molecule has 0 radical (unpaired) electrons. The molecule has 2 heteroatoms. The third-order valence-corrected chi connectivity index (χ3v) is 2.90. The highest BCUT2D eigenvalue weighted by atomic mass is 127. The summed E-state index contributed by atoms with van der Waals surface area (Å²) < 4.78 is 1.18. The predicted octanol–water partition coefficient (Wildman–Crippen LogP) is 2.88. The minimum Gasteiger partial charge on any atom is -0.279 e. The number of hydrogen-bond acceptors (Lipinski definition) is 1. The van der Waals surface area contributed by atoms with Crippen LogP contribution in [0.5, 0.6) is 0 Å². The Morgan fingerprint density at radius 1 is 1.50 bits per heavy atom. The Balaban J connectivity index is 2.58. The highest BCUT2D eigenvalue weighted by molar-refractivity contribution is 14.1. The molecule has 0 aromatic rings. The summed E-state index contributed by atoms with van der Waals surface area (Å²) >= 11 is 2.27. The summed E-state index contributed by atoms with van der Waals surface area (Å²) in [6.07, 6.45) is 0. The highest BCUT2D eigenvalue weighted by Gasteiger charge is 2.54. The van der Waals surface area contributed by atoms with Crippen molar-refractivity contribution in [3.63, 3.8) is 0 Å². The van der Waals surface area contributed by atoms with Crippen LogP contribution in [0, 0.1) is 11.3 Å². The molecule has 1 saturated carbocycles. The number of halogens is 1. The second kappa shape index (κ2) is 2.47. The van der Waals surface area contributed by atoms with Crippen LogP contribution in [-0.4, -0.2) is 9.76 Å². The van der Waals surface area contributed by atoms with Crippen LogP contribution >= 0.6 is 22.6 Å². The molecule has 0 bridgehead atoms. The number of nitrogens with zero attached hydrogens (tertiary/aromatic N) is 1. The molecule has 1 aliphatic rings. The maximum atomic E-state index is 4.53. The highest BCUT2D eigenvalue weighted by Crippen LogP contribution is 2.53. The lowest BCUT2D eigenvalue weighted by Crippen LogP contribution is -1.92. The van der Waals surface area contributed by atoms with Crippen molar-refractivity contribution in [2.24, 2.45) is 16.3 Å². The molecule has 0 saturated heterocycles. The van der Waals surface area contributed by atoms with E-state index >= 15 is 0 Å². The normalized spacial score (nSPS) is 37.9. The molecule has 0 heterocycles. The van der Waals surface area contributed by atoms with E-state index in [9.17, 15) is 0 Å². The first-order valence-corrected chi connectivity index (χ1v) is 4.74. The van der Waals surface area contributed by atoms with Gasteiger partial charge in [0, 0.05) is 0 Å². The van der Waals surface area contributed by atoms with Crippen molar-refractivity contribution >= 4 is 26.3 Å². The Hall–Kier alpha value is 0.400. The van der Waals surface area contributed by atoms with Crippen LogP contribution in [-0.2, 0) is 0 Å². The summed E-state index contributed by atoms with van der Waals surface area (Å²) in [5.74, 6) is 0.775. The molecule has 1 fully saturated rings. The molecule has 1 aliphatic carbocycles. The van der Waals surface area contributed by atoms with E-state index in [0.29, 0.717) is 11.5 Å². The zero-order chi connectivity index (χ0) is 7.94. The van der Waals surface area contributed by atoms with Crippen LogP contribution in [0.25, 0.3) is 0 Å². The van der Waals surface area contributed by atoms with Crippen molar-refractivity contribution in [2.45, 2.75) is 33.7 Å². The van der Waals surface area contributed by atoms with E-state index in [0.717, 1.165) is 5.92 Å². The smallest absolute Gasteiger partial charge is 0.0701 e. The van der Waals surface area contributed by atoms with Gasteiger partial charge in [-0.3, -0.25) is 4.99 Å². The standard InChI is InChI=1S/C8H14IN/c1-5-7(8(5,3)4)10-6(2)9/h5,7H,1-4H3. The molecule has 0 aliphatic heterocycles. The van der Waals surface area contributed by atoms with Gasteiger partial charge in [-0.25, -0.2) is 0 Å². The van der Waals surface area contributed by atoms with Crippen LogP contribution < -0.4 is 0 Å². The van der Waals surface area contributed by atoms with Crippen LogP contribution in [0.1, 0.15) is 27.7 Å². The summed E-state index contributed by atoms with van der Waals surface area (Å²) in [5, 5.41) is 0. The predicted molar refractivity (Wildman–Crippen MR) is 53.9 cm³/mol. The molecule has 1 rings (SSSR count). The van der Waals surface area contributed by atoms with Crippen LogP contribution in [0.2, 0.25) is 0 Å². The summed E-state index contributed by atoms with van der Waals surface area (Å²) in [5.41, 5.74) is 0.465. The van der Waals surface area contributed by atoms with Gasteiger partial charge in [-0.1, -0.05) is 20.8 Å². The van der Waals surface area contributed by atoms with Crippen molar-refractivity contribution < 1.29 is 0 Å².